The highest BCUT2D eigenvalue weighted by atomic mass is 15.3. The van der Waals surface area contributed by atoms with Crippen molar-refractivity contribution in [3.8, 4) is 17.1 Å². The van der Waals surface area contributed by atoms with Crippen LogP contribution in [0.3, 0.4) is 0 Å². The summed E-state index contributed by atoms with van der Waals surface area (Å²) >= 11 is 0. The zero-order valence-corrected chi connectivity index (χ0v) is 11.5. The summed E-state index contributed by atoms with van der Waals surface area (Å²) in [5.41, 5.74) is 11.0. The molecule has 0 unspecified atom stereocenters. The molecule has 0 spiro atoms. The van der Waals surface area contributed by atoms with E-state index in [-0.39, 0.29) is 0 Å². The lowest BCUT2D eigenvalue weighted by atomic mass is 10.0. The van der Waals surface area contributed by atoms with Crippen molar-refractivity contribution >= 4 is 5.69 Å². The summed E-state index contributed by atoms with van der Waals surface area (Å²) in [7, 11) is 0. The first-order valence-corrected chi connectivity index (χ1v) is 6.49. The van der Waals surface area contributed by atoms with Crippen molar-refractivity contribution in [3.05, 3.63) is 59.9 Å². The number of nitrogens with two attached hydrogens (primary N) is 1. The van der Waals surface area contributed by atoms with Crippen LogP contribution in [0.15, 0.2) is 48.8 Å². The molecular weight excluding hydrogens is 248 g/mol. The highest BCUT2D eigenvalue weighted by Gasteiger charge is 2.10. The van der Waals surface area contributed by atoms with E-state index in [1.54, 1.807) is 17.1 Å². The lowest BCUT2D eigenvalue weighted by Crippen LogP contribution is -1.97. The Hall–Kier alpha value is -2.62. The van der Waals surface area contributed by atoms with Crippen LogP contribution in [-0.2, 0) is 0 Å². The molecule has 0 saturated heterocycles. The molecule has 4 heteroatoms. The van der Waals surface area contributed by atoms with Gasteiger partial charge in [-0.05, 0) is 43.2 Å². The molecule has 20 heavy (non-hydrogen) atoms. The van der Waals surface area contributed by atoms with Crippen molar-refractivity contribution < 1.29 is 0 Å². The Balaban J connectivity index is 2.07. The van der Waals surface area contributed by atoms with Crippen molar-refractivity contribution in [3.63, 3.8) is 0 Å². The SMILES string of the molecule is Cc1ccc(-c2nn(-c3ccccn3)cc2N)cc1C. The molecule has 2 N–H and O–H groups in total. The molecule has 3 aromatic rings. The predicted molar refractivity (Wildman–Crippen MR) is 80.7 cm³/mol. The van der Waals surface area contributed by atoms with Crippen molar-refractivity contribution in [2.75, 3.05) is 5.73 Å². The highest BCUT2D eigenvalue weighted by molar-refractivity contribution is 5.73. The maximum absolute atomic E-state index is 6.09. The average Bonchev–Trinajstić information content (AvgIpc) is 2.85. The number of nitrogen functional groups attached to an aromatic ring is 1. The Morgan fingerprint density at radius 1 is 1.05 bits per heavy atom. The Kier molecular flexibility index (Phi) is 2.99. The molecule has 4 nitrogen and oxygen atoms in total. The van der Waals surface area contributed by atoms with E-state index in [0.717, 1.165) is 17.1 Å². The lowest BCUT2D eigenvalue weighted by Gasteiger charge is -2.03. The van der Waals surface area contributed by atoms with Crippen LogP contribution in [0.1, 0.15) is 11.1 Å². The van der Waals surface area contributed by atoms with Crippen LogP contribution in [0.2, 0.25) is 0 Å². The van der Waals surface area contributed by atoms with Gasteiger partial charge in [0.2, 0.25) is 0 Å². The molecule has 1 aromatic carbocycles. The van der Waals surface area contributed by atoms with E-state index < -0.39 is 0 Å². The van der Waals surface area contributed by atoms with E-state index in [2.05, 4.69) is 36.1 Å². The van der Waals surface area contributed by atoms with E-state index in [1.165, 1.54) is 11.1 Å². The molecule has 0 radical (unpaired) electrons. The van der Waals surface area contributed by atoms with Crippen LogP contribution in [-0.4, -0.2) is 14.8 Å². The van der Waals surface area contributed by atoms with Gasteiger partial charge in [-0.2, -0.15) is 5.10 Å². The minimum atomic E-state index is 0.652. The first-order valence-electron chi connectivity index (χ1n) is 6.49. The van der Waals surface area contributed by atoms with Crippen molar-refractivity contribution in [1.29, 1.82) is 0 Å². The molecule has 0 amide bonds. The van der Waals surface area contributed by atoms with Crippen LogP contribution >= 0.6 is 0 Å². The number of pyridine rings is 1. The summed E-state index contributed by atoms with van der Waals surface area (Å²) in [5, 5.41) is 4.55. The Bertz CT molecular complexity index is 744. The molecule has 0 bridgehead atoms. The molecule has 0 atom stereocenters. The standard InChI is InChI=1S/C16H16N4/c1-11-6-7-13(9-12(11)2)16-14(17)10-20(19-16)15-5-3-4-8-18-15/h3-10H,17H2,1-2H3. The van der Waals surface area contributed by atoms with Gasteiger partial charge in [0.25, 0.3) is 0 Å². The van der Waals surface area contributed by atoms with Crippen molar-refractivity contribution in [1.82, 2.24) is 14.8 Å². The molecule has 100 valence electrons. The molecule has 0 aliphatic carbocycles. The van der Waals surface area contributed by atoms with Crippen LogP contribution in [0.5, 0.6) is 0 Å². The fourth-order valence-electron chi connectivity index (χ4n) is 2.11. The summed E-state index contributed by atoms with van der Waals surface area (Å²) < 4.78 is 1.71. The van der Waals surface area contributed by atoms with Gasteiger partial charge in [0.05, 0.1) is 11.9 Å². The molecule has 2 heterocycles. The largest absolute Gasteiger partial charge is 0.396 e. The number of hydrogen-bond donors (Lipinski definition) is 1. The monoisotopic (exact) mass is 264 g/mol. The molecular formula is C16H16N4. The summed E-state index contributed by atoms with van der Waals surface area (Å²) in [6.45, 7) is 4.18. The fourth-order valence-corrected chi connectivity index (χ4v) is 2.11. The third-order valence-electron chi connectivity index (χ3n) is 3.41. The van der Waals surface area contributed by atoms with Gasteiger partial charge in [0, 0.05) is 11.8 Å². The topological polar surface area (TPSA) is 56.7 Å². The molecule has 0 aliphatic heterocycles. The average molecular weight is 264 g/mol. The van der Waals surface area contributed by atoms with Gasteiger partial charge in [-0.1, -0.05) is 18.2 Å². The quantitative estimate of drug-likeness (QED) is 0.773. The third-order valence-corrected chi connectivity index (χ3v) is 3.41. The highest BCUT2D eigenvalue weighted by Crippen LogP contribution is 2.26. The number of anilines is 1. The summed E-state index contributed by atoms with van der Waals surface area (Å²) in [5.74, 6) is 0.759. The first kappa shape index (κ1) is 12.4. The van der Waals surface area contributed by atoms with E-state index in [4.69, 9.17) is 5.73 Å². The van der Waals surface area contributed by atoms with Gasteiger partial charge in [0.1, 0.15) is 5.69 Å². The summed E-state index contributed by atoms with van der Waals surface area (Å²) in [4.78, 5) is 4.27. The second-order valence-corrected chi connectivity index (χ2v) is 4.86. The predicted octanol–water partition coefficient (Wildman–Crippen LogP) is 3.13. The summed E-state index contributed by atoms with van der Waals surface area (Å²) in [6, 6.07) is 11.9. The van der Waals surface area contributed by atoms with Gasteiger partial charge in [-0.25, -0.2) is 9.67 Å². The van der Waals surface area contributed by atoms with Gasteiger partial charge in [-0.15, -0.1) is 0 Å². The minimum Gasteiger partial charge on any atom is -0.396 e. The number of hydrogen-bond acceptors (Lipinski definition) is 3. The molecule has 3 rings (SSSR count). The zero-order chi connectivity index (χ0) is 14.1. The fraction of sp³-hybridized carbons (Fsp3) is 0.125. The third kappa shape index (κ3) is 2.16. The number of aryl methyl sites for hydroxylation is 2. The smallest absolute Gasteiger partial charge is 0.153 e. The molecule has 2 aromatic heterocycles. The zero-order valence-electron chi connectivity index (χ0n) is 11.5. The van der Waals surface area contributed by atoms with E-state index in [1.807, 2.05) is 24.3 Å². The maximum Gasteiger partial charge on any atom is 0.153 e. The number of benzene rings is 1. The lowest BCUT2D eigenvalue weighted by molar-refractivity contribution is 0.850. The van der Waals surface area contributed by atoms with Crippen LogP contribution < -0.4 is 5.73 Å². The molecule has 0 fully saturated rings. The maximum atomic E-state index is 6.09. The Labute approximate surface area is 117 Å². The van der Waals surface area contributed by atoms with Crippen LogP contribution in [0.25, 0.3) is 17.1 Å². The number of rotatable bonds is 2. The van der Waals surface area contributed by atoms with Crippen molar-refractivity contribution in [2.24, 2.45) is 0 Å². The van der Waals surface area contributed by atoms with Gasteiger partial charge in [-0.3, -0.25) is 0 Å². The Morgan fingerprint density at radius 2 is 1.90 bits per heavy atom. The van der Waals surface area contributed by atoms with E-state index >= 15 is 0 Å². The first-order chi connectivity index (χ1) is 9.65. The van der Waals surface area contributed by atoms with Gasteiger partial charge < -0.3 is 5.73 Å². The minimum absolute atomic E-state index is 0.652. The Morgan fingerprint density at radius 3 is 2.60 bits per heavy atom. The van der Waals surface area contributed by atoms with E-state index in [9.17, 15) is 0 Å². The second-order valence-electron chi connectivity index (χ2n) is 4.86. The van der Waals surface area contributed by atoms with Crippen molar-refractivity contribution in [2.45, 2.75) is 13.8 Å². The number of aromatic nitrogens is 3. The molecule has 0 saturated carbocycles. The van der Waals surface area contributed by atoms with Crippen LogP contribution in [0, 0.1) is 13.8 Å². The van der Waals surface area contributed by atoms with Gasteiger partial charge >= 0.3 is 0 Å². The normalized spacial score (nSPS) is 10.7. The van der Waals surface area contributed by atoms with E-state index in [0.29, 0.717) is 5.69 Å². The summed E-state index contributed by atoms with van der Waals surface area (Å²) in [6.07, 6.45) is 3.54. The van der Waals surface area contributed by atoms with Gasteiger partial charge in [0.15, 0.2) is 5.82 Å². The number of nitrogens with zero attached hydrogens (tertiary/aromatic N) is 3. The van der Waals surface area contributed by atoms with Crippen LogP contribution in [0.4, 0.5) is 5.69 Å². The molecule has 0 aliphatic rings. The second kappa shape index (κ2) is 4.81.